The maximum atomic E-state index is 11.5. The fourth-order valence-corrected chi connectivity index (χ4v) is 6.42. The number of carbonyl (C=O) groups excluding carboxylic acids is 2. The molecule has 0 aliphatic carbocycles. The predicted molar refractivity (Wildman–Crippen MR) is 93.9 cm³/mol. The van der Waals surface area contributed by atoms with E-state index in [-0.39, 0.29) is 19.3 Å². The summed E-state index contributed by atoms with van der Waals surface area (Å²) in [6.07, 6.45) is -0.671. The van der Waals surface area contributed by atoms with E-state index in [1.54, 1.807) is 0 Å². The number of aliphatic hydroxyl groups excluding tert-OH is 1. The number of benzene rings is 1. The zero-order chi connectivity index (χ0) is 17.9. The minimum absolute atomic E-state index is 0.148. The van der Waals surface area contributed by atoms with Crippen LogP contribution in [0.3, 0.4) is 0 Å². The molecular weight excluding hydrogens is 322 g/mol. The summed E-state index contributed by atoms with van der Waals surface area (Å²) in [5.41, 5.74) is 2.23. The number of aliphatic hydroxyl groups is 1. The van der Waals surface area contributed by atoms with Gasteiger partial charge in [-0.15, -0.1) is 0 Å². The van der Waals surface area contributed by atoms with E-state index in [4.69, 9.17) is 4.84 Å². The fourth-order valence-electron chi connectivity index (χ4n) is 3.20. The van der Waals surface area contributed by atoms with E-state index >= 15 is 0 Å². The van der Waals surface area contributed by atoms with Crippen molar-refractivity contribution in [2.45, 2.75) is 64.3 Å². The standard InChI is InChI=1S/C18H26NO4Si/c1-12(2)24(13(3)4)15-7-5-14(6-8-15)11-18(22)23-19-16(20)9-10-17(19)21/h5-8,12-13,18,22H,9-11H2,1-4H3/q+1. The van der Waals surface area contributed by atoms with Gasteiger partial charge in [-0.05, 0) is 45.4 Å². The highest BCUT2D eigenvalue weighted by atomic mass is 28.3. The van der Waals surface area contributed by atoms with Crippen LogP contribution in [0.15, 0.2) is 24.3 Å². The molecule has 0 saturated carbocycles. The predicted octanol–water partition coefficient (Wildman–Crippen LogP) is 2.15. The van der Waals surface area contributed by atoms with Gasteiger partial charge in [0, 0.05) is 19.3 Å². The van der Waals surface area contributed by atoms with E-state index in [0.29, 0.717) is 16.1 Å². The van der Waals surface area contributed by atoms with E-state index in [9.17, 15) is 14.7 Å². The van der Waals surface area contributed by atoms with Crippen molar-refractivity contribution in [1.82, 2.24) is 5.06 Å². The SMILES string of the molecule is CC(C)[Si+](c1ccc(CC(O)ON2C(=O)CCC2=O)cc1)C(C)C. The van der Waals surface area contributed by atoms with Gasteiger partial charge in [0.2, 0.25) is 0 Å². The summed E-state index contributed by atoms with van der Waals surface area (Å²) >= 11 is 0. The Morgan fingerprint density at radius 3 is 2.00 bits per heavy atom. The number of nitrogens with zero attached hydrogens (tertiary/aromatic N) is 1. The van der Waals surface area contributed by atoms with Crippen LogP contribution in [0.4, 0.5) is 0 Å². The molecule has 0 radical (unpaired) electrons. The number of carbonyl (C=O) groups is 2. The average Bonchev–Trinajstić information content (AvgIpc) is 2.80. The zero-order valence-electron chi connectivity index (χ0n) is 14.8. The molecule has 1 N–H and O–H groups in total. The molecule has 1 atom stereocenters. The summed E-state index contributed by atoms with van der Waals surface area (Å²) in [6, 6.07) is 8.24. The molecule has 1 aliphatic rings. The topological polar surface area (TPSA) is 66.8 Å². The third kappa shape index (κ3) is 4.52. The van der Waals surface area contributed by atoms with Gasteiger partial charge in [0.1, 0.15) is 0 Å². The third-order valence-electron chi connectivity index (χ3n) is 4.17. The normalized spacial score (nSPS) is 16.4. The summed E-state index contributed by atoms with van der Waals surface area (Å²) < 4.78 is 0. The van der Waals surface area contributed by atoms with Gasteiger partial charge in [0.05, 0.1) is 16.3 Å². The molecule has 1 aromatic rings. The van der Waals surface area contributed by atoms with Crippen LogP contribution in [0.25, 0.3) is 0 Å². The van der Waals surface area contributed by atoms with Crippen LogP contribution in [0.1, 0.15) is 46.1 Å². The number of hydroxylamine groups is 2. The van der Waals surface area contributed by atoms with Gasteiger partial charge in [-0.1, -0.05) is 12.1 Å². The molecular formula is C18H26NO4Si+. The molecule has 130 valence electrons. The van der Waals surface area contributed by atoms with Gasteiger partial charge in [-0.25, -0.2) is 4.84 Å². The summed E-state index contributed by atoms with van der Waals surface area (Å²) in [4.78, 5) is 28.1. The van der Waals surface area contributed by atoms with Gasteiger partial charge in [0.15, 0.2) is 6.29 Å². The Bertz CT molecular complexity index is 561. The maximum absolute atomic E-state index is 11.5. The van der Waals surface area contributed by atoms with Crippen molar-refractivity contribution in [1.29, 1.82) is 0 Å². The summed E-state index contributed by atoms with van der Waals surface area (Å²) in [5, 5.41) is 12.1. The average molecular weight is 348 g/mol. The largest absolute Gasteiger partial charge is 0.366 e. The monoisotopic (exact) mass is 348 g/mol. The number of hydrogen-bond donors (Lipinski definition) is 1. The second-order valence-corrected chi connectivity index (χ2v) is 10.6. The second kappa shape index (κ2) is 8.05. The lowest BCUT2D eigenvalue weighted by atomic mass is 10.1. The number of imide groups is 1. The molecule has 24 heavy (non-hydrogen) atoms. The Kier molecular flexibility index (Phi) is 6.32. The van der Waals surface area contributed by atoms with Crippen LogP contribution in [0.2, 0.25) is 11.1 Å². The number of hydrogen-bond acceptors (Lipinski definition) is 4. The van der Waals surface area contributed by atoms with E-state index in [1.165, 1.54) is 5.19 Å². The van der Waals surface area contributed by atoms with Gasteiger partial charge >= 0.3 is 8.80 Å². The molecule has 0 spiro atoms. The van der Waals surface area contributed by atoms with Gasteiger partial charge in [-0.3, -0.25) is 9.59 Å². The van der Waals surface area contributed by atoms with Crippen LogP contribution in [0.5, 0.6) is 0 Å². The Morgan fingerprint density at radius 1 is 1.04 bits per heavy atom. The number of amides is 2. The quantitative estimate of drug-likeness (QED) is 0.466. The molecule has 1 saturated heterocycles. The lowest BCUT2D eigenvalue weighted by Crippen LogP contribution is -2.36. The van der Waals surface area contributed by atoms with Gasteiger partial charge < -0.3 is 5.11 Å². The Balaban J connectivity index is 1.98. The summed E-state index contributed by atoms with van der Waals surface area (Å²) in [5.74, 6) is -0.786. The first-order valence-corrected chi connectivity index (χ1v) is 10.1. The molecule has 1 aliphatic heterocycles. The van der Waals surface area contributed by atoms with E-state index in [1.807, 2.05) is 12.1 Å². The minimum atomic E-state index is -1.21. The smallest absolute Gasteiger partial charge is 0.357 e. The van der Waals surface area contributed by atoms with Crippen molar-refractivity contribution >= 4 is 25.8 Å². The van der Waals surface area contributed by atoms with Crippen molar-refractivity contribution in [3.8, 4) is 0 Å². The zero-order valence-corrected chi connectivity index (χ0v) is 15.8. The van der Waals surface area contributed by atoms with E-state index in [0.717, 1.165) is 5.56 Å². The summed E-state index contributed by atoms with van der Waals surface area (Å²) in [7, 11) is -0.625. The third-order valence-corrected chi connectivity index (χ3v) is 7.66. The Labute approximate surface area is 145 Å². The van der Waals surface area contributed by atoms with Crippen LogP contribution in [-0.2, 0) is 20.8 Å². The van der Waals surface area contributed by atoms with Crippen molar-refractivity contribution in [2.24, 2.45) is 0 Å². The maximum Gasteiger partial charge on any atom is 0.357 e. The molecule has 2 rings (SSSR count). The summed E-state index contributed by atoms with van der Waals surface area (Å²) in [6.45, 7) is 9.07. The first-order valence-electron chi connectivity index (χ1n) is 8.46. The van der Waals surface area contributed by atoms with Crippen LogP contribution < -0.4 is 5.19 Å². The fraction of sp³-hybridized carbons (Fsp3) is 0.556. The van der Waals surface area contributed by atoms with Crippen LogP contribution >= 0.6 is 0 Å². The minimum Gasteiger partial charge on any atom is -0.366 e. The first kappa shape index (κ1) is 18.8. The highest BCUT2D eigenvalue weighted by Gasteiger charge is 2.37. The molecule has 1 fully saturated rings. The van der Waals surface area contributed by atoms with Crippen molar-refractivity contribution in [3.63, 3.8) is 0 Å². The molecule has 6 heteroatoms. The van der Waals surface area contributed by atoms with Crippen molar-refractivity contribution in [2.75, 3.05) is 0 Å². The molecule has 0 aromatic heterocycles. The Morgan fingerprint density at radius 2 is 1.54 bits per heavy atom. The lowest BCUT2D eigenvalue weighted by molar-refractivity contribution is -0.243. The van der Waals surface area contributed by atoms with Crippen molar-refractivity contribution in [3.05, 3.63) is 29.8 Å². The second-order valence-electron chi connectivity index (χ2n) is 6.81. The highest BCUT2D eigenvalue weighted by Crippen LogP contribution is 2.20. The molecule has 2 amide bonds. The van der Waals surface area contributed by atoms with Crippen LogP contribution in [0, 0.1) is 0 Å². The van der Waals surface area contributed by atoms with E-state index in [2.05, 4.69) is 39.8 Å². The lowest BCUT2D eigenvalue weighted by Gasteiger charge is -2.18. The molecule has 1 aromatic carbocycles. The molecule has 1 unspecified atom stereocenters. The van der Waals surface area contributed by atoms with Gasteiger partial charge in [0.25, 0.3) is 11.8 Å². The van der Waals surface area contributed by atoms with Crippen molar-refractivity contribution < 1.29 is 19.5 Å². The molecule has 0 bridgehead atoms. The highest BCUT2D eigenvalue weighted by molar-refractivity contribution is 6.75. The number of rotatable bonds is 7. The van der Waals surface area contributed by atoms with Crippen LogP contribution in [-0.4, -0.2) is 37.1 Å². The van der Waals surface area contributed by atoms with Gasteiger partial charge in [-0.2, -0.15) is 5.06 Å². The Hall–Kier alpha value is -1.50. The van der Waals surface area contributed by atoms with E-state index < -0.39 is 26.9 Å². The molecule has 5 nitrogen and oxygen atoms in total. The molecule has 1 heterocycles. The first-order chi connectivity index (χ1) is 11.3.